The Balaban J connectivity index is 1.48. The first kappa shape index (κ1) is 18.1. The zero-order valence-corrected chi connectivity index (χ0v) is 15.6. The van der Waals surface area contributed by atoms with E-state index >= 15 is 0 Å². The van der Waals surface area contributed by atoms with Crippen LogP contribution in [0.4, 0.5) is 11.4 Å². The van der Waals surface area contributed by atoms with Crippen molar-refractivity contribution < 1.29 is 9.72 Å². The predicted octanol–water partition coefficient (Wildman–Crippen LogP) is 3.80. The Morgan fingerprint density at radius 3 is 2.89 bits per heavy atom. The average molecular weight is 415 g/mol. The fourth-order valence-corrected chi connectivity index (χ4v) is 3.41. The summed E-state index contributed by atoms with van der Waals surface area (Å²) < 4.78 is 0. The van der Waals surface area contributed by atoms with Crippen molar-refractivity contribution in [1.82, 2.24) is 20.2 Å². The lowest BCUT2D eigenvalue weighted by Crippen LogP contribution is -2.15. The molecule has 9 nitrogen and oxygen atoms in total. The number of nitrogens with zero attached hydrogens (tertiary/aromatic N) is 4. The third kappa shape index (κ3) is 3.59. The summed E-state index contributed by atoms with van der Waals surface area (Å²) in [7, 11) is 0. The number of hydrogen-bond donors (Lipinski definition) is 2. The molecule has 28 heavy (non-hydrogen) atoms. The van der Waals surface area contributed by atoms with Gasteiger partial charge in [0.25, 0.3) is 5.69 Å². The van der Waals surface area contributed by atoms with E-state index in [9.17, 15) is 14.9 Å². The monoisotopic (exact) mass is 414 g/mol. The standard InChI is InChI=1S/C17H11ClN6O3S/c18-9-5-6-13(24(26)27)12(7-9)19-14(25)8-28-17-21-16-15(22-23-17)10-3-1-2-4-11(10)20-16/h1-7H,8H2,(H,19,25)(H,20,21,23). The van der Waals surface area contributed by atoms with E-state index in [0.29, 0.717) is 16.3 Å². The van der Waals surface area contributed by atoms with E-state index < -0.39 is 10.8 Å². The fourth-order valence-electron chi connectivity index (χ4n) is 2.65. The molecule has 4 aromatic rings. The molecule has 2 aromatic carbocycles. The van der Waals surface area contributed by atoms with Gasteiger partial charge in [-0.1, -0.05) is 41.6 Å². The molecule has 0 aliphatic rings. The number of fused-ring (bicyclic) bond motifs is 3. The summed E-state index contributed by atoms with van der Waals surface area (Å²) >= 11 is 6.93. The van der Waals surface area contributed by atoms with Crippen molar-refractivity contribution in [2.24, 2.45) is 0 Å². The number of aromatic amines is 1. The van der Waals surface area contributed by atoms with E-state index in [1.54, 1.807) is 0 Å². The molecular formula is C17H11ClN6O3S. The molecule has 0 bridgehead atoms. The van der Waals surface area contributed by atoms with Crippen molar-refractivity contribution in [3.63, 3.8) is 0 Å². The van der Waals surface area contributed by atoms with E-state index in [-0.39, 0.29) is 22.2 Å². The summed E-state index contributed by atoms with van der Waals surface area (Å²) in [6.07, 6.45) is 0. The number of carbonyl (C=O) groups excluding carboxylic acids is 1. The van der Waals surface area contributed by atoms with Crippen molar-refractivity contribution >= 4 is 62.7 Å². The molecule has 140 valence electrons. The van der Waals surface area contributed by atoms with E-state index in [0.717, 1.165) is 22.7 Å². The summed E-state index contributed by atoms with van der Waals surface area (Å²) in [5.41, 5.74) is 1.92. The second-order valence-corrected chi connectivity index (χ2v) is 7.10. The maximum Gasteiger partial charge on any atom is 0.292 e. The number of rotatable bonds is 5. The summed E-state index contributed by atoms with van der Waals surface area (Å²) in [6, 6.07) is 11.6. The van der Waals surface area contributed by atoms with Crippen molar-refractivity contribution in [2.75, 3.05) is 11.1 Å². The molecule has 2 aromatic heterocycles. The normalized spacial score (nSPS) is 11.0. The van der Waals surface area contributed by atoms with Crippen LogP contribution in [0.2, 0.25) is 5.02 Å². The second kappa shape index (κ2) is 7.41. The average Bonchev–Trinajstić information content (AvgIpc) is 3.04. The van der Waals surface area contributed by atoms with Gasteiger partial charge in [-0.05, 0) is 18.2 Å². The number of thioether (sulfide) groups is 1. The lowest BCUT2D eigenvalue weighted by atomic mass is 10.2. The Hall–Kier alpha value is -3.24. The topological polar surface area (TPSA) is 127 Å². The quantitative estimate of drug-likeness (QED) is 0.289. The molecule has 2 N–H and O–H groups in total. The minimum atomic E-state index is -0.587. The molecule has 0 aliphatic heterocycles. The number of amides is 1. The van der Waals surface area contributed by atoms with E-state index in [1.165, 1.54) is 18.2 Å². The second-order valence-electron chi connectivity index (χ2n) is 5.72. The van der Waals surface area contributed by atoms with E-state index in [4.69, 9.17) is 11.6 Å². The highest BCUT2D eigenvalue weighted by Gasteiger charge is 2.17. The molecule has 0 fully saturated rings. The maximum absolute atomic E-state index is 12.2. The molecule has 11 heteroatoms. The molecule has 4 rings (SSSR count). The number of aromatic nitrogens is 4. The number of nitrogens with one attached hydrogen (secondary N) is 2. The largest absolute Gasteiger partial charge is 0.338 e. The zero-order chi connectivity index (χ0) is 19.7. The molecule has 2 heterocycles. The number of hydrogen-bond acceptors (Lipinski definition) is 7. The number of nitro benzene ring substituents is 1. The summed E-state index contributed by atoms with van der Waals surface area (Å²) in [5.74, 6) is -0.493. The van der Waals surface area contributed by atoms with E-state index in [2.05, 4.69) is 25.5 Å². The molecule has 0 saturated heterocycles. The minimum absolute atomic E-state index is 0.0354. The Morgan fingerprint density at radius 2 is 2.07 bits per heavy atom. The van der Waals surface area contributed by atoms with Crippen LogP contribution in [-0.2, 0) is 4.79 Å². The third-order valence-electron chi connectivity index (χ3n) is 3.86. The Bertz CT molecular complexity index is 1230. The first-order chi connectivity index (χ1) is 13.5. The van der Waals surface area contributed by atoms with Crippen LogP contribution < -0.4 is 5.32 Å². The highest BCUT2D eigenvalue weighted by atomic mass is 35.5. The number of H-pyrrole nitrogens is 1. The maximum atomic E-state index is 12.2. The van der Waals surface area contributed by atoms with Crippen LogP contribution in [0.15, 0.2) is 47.6 Å². The van der Waals surface area contributed by atoms with Gasteiger partial charge in [0.2, 0.25) is 11.1 Å². The zero-order valence-electron chi connectivity index (χ0n) is 14.0. The summed E-state index contributed by atoms with van der Waals surface area (Å²) in [5, 5.41) is 23.3. The van der Waals surface area contributed by atoms with Gasteiger partial charge in [-0.25, -0.2) is 4.98 Å². The molecular weight excluding hydrogens is 404 g/mol. The van der Waals surface area contributed by atoms with Crippen molar-refractivity contribution in [2.45, 2.75) is 5.16 Å². The molecule has 0 unspecified atom stereocenters. The van der Waals surface area contributed by atoms with Crippen LogP contribution in [0.25, 0.3) is 22.1 Å². The number of benzene rings is 2. The number of para-hydroxylation sites is 1. The molecule has 0 saturated carbocycles. The van der Waals surface area contributed by atoms with Crippen LogP contribution in [0, 0.1) is 10.1 Å². The van der Waals surface area contributed by atoms with Crippen LogP contribution in [0.1, 0.15) is 0 Å². The lowest BCUT2D eigenvalue weighted by molar-refractivity contribution is -0.383. The van der Waals surface area contributed by atoms with Gasteiger partial charge in [0.05, 0.1) is 10.7 Å². The van der Waals surface area contributed by atoms with Crippen molar-refractivity contribution in [3.8, 4) is 0 Å². The predicted molar refractivity (Wildman–Crippen MR) is 107 cm³/mol. The van der Waals surface area contributed by atoms with Gasteiger partial charge in [-0.3, -0.25) is 14.9 Å². The Morgan fingerprint density at radius 1 is 1.25 bits per heavy atom. The number of halogens is 1. The number of nitro groups is 1. The van der Waals surface area contributed by atoms with Crippen molar-refractivity contribution in [3.05, 3.63) is 57.6 Å². The van der Waals surface area contributed by atoms with Gasteiger partial charge in [-0.2, -0.15) is 0 Å². The highest BCUT2D eigenvalue weighted by molar-refractivity contribution is 7.99. The molecule has 0 atom stereocenters. The van der Waals surface area contributed by atoms with Crippen LogP contribution >= 0.6 is 23.4 Å². The highest BCUT2D eigenvalue weighted by Crippen LogP contribution is 2.28. The first-order valence-electron chi connectivity index (χ1n) is 7.99. The molecule has 0 aliphatic carbocycles. The van der Waals surface area contributed by atoms with Gasteiger partial charge in [-0.15, -0.1) is 10.2 Å². The minimum Gasteiger partial charge on any atom is -0.338 e. The van der Waals surface area contributed by atoms with Gasteiger partial charge < -0.3 is 10.3 Å². The van der Waals surface area contributed by atoms with Gasteiger partial charge >= 0.3 is 0 Å². The Labute approximate surface area is 166 Å². The van der Waals surface area contributed by atoms with E-state index in [1.807, 2.05) is 24.3 Å². The van der Waals surface area contributed by atoms with Crippen molar-refractivity contribution in [1.29, 1.82) is 0 Å². The van der Waals surface area contributed by atoms with Crippen LogP contribution in [0.3, 0.4) is 0 Å². The van der Waals surface area contributed by atoms with Crippen LogP contribution in [-0.4, -0.2) is 36.7 Å². The van der Waals surface area contributed by atoms with Gasteiger partial charge in [0, 0.05) is 22.0 Å². The molecule has 0 spiro atoms. The molecule has 0 radical (unpaired) electrons. The Kier molecular flexibility index (Phi) is 4.80. The number of anilines is 1. The summed E-state index contributed by atoms with van der Waals surface area (Å²) in [6.45, 7) is 0. The third-order valence-corrected chi connectivity index (χ3v) is 4.94. The van der Waals surface area contributed by atoms with Gasteiger partial charge in [0.15, 0.2) is 5.65 Å². The fraction of sp³-hybridized carbons (Fsp3) is 0.0588. The SMILES string of the molecule is O=C(CSc1nnc2c(n1)[nH]c1ccccc12)Nc1cc(Cl)ccc1[N+](=O)[O-]. The smallest absolute Gasteiger partial charge is 0.292 e. The summed E-state index contributed by atoms with van der Waals surface area (Å²) in [4.78, 5) is 30.2. The van der Waals surface area contributed by atoms with Crippen LogP contribution in [0.5, 0.6) is 0 Å². The lowest BCUT2D eigenvalue weighted by Gasteiger charge is -2.06. The van der Waals surface area contributed by atoms with Gasteiger partial charge in [0.1, 0.15) is 11.2 Å². The first-order valence-corrected chi connectivity index (χ1v) is 9.35. The molecule has 1 amide bonds. The number of carbonyl (C=O) groups is 1.